The number of carbonyl (C=O) groups excluding carboxylic acids is 2. The zero-order valence-corrected chi connectivity index (χ0v) is 9.66. The molecule has 1 aromatic carbocycles. The van der Waals surface area contributed by atoms with E-state index >= 15 is 0 Å². The summed E-state index contributed by atoms with van der Waals surface area (Å²) in [5, 5.41) is 13.3. The quantitative estimate of drug-likeness (QED) is 0.592. The molecular weight excluding hydrogens is 252 g/mol. The average molecular weight is 262 g/mol. The minimum Gasteiger partial charge on any atom is -0.368 e. The molecular formula is C10H10N6O3. The number of aromatic nitrogens is 4. The van der Waals surface area contributed by atoms with Gasteiger partial charge in [0.25, 0.3) is 5.91 Å². The number of hydrogen-bond acceptors (Lipinski definition) is 6. The fourth-order valence-electron chi connectivity index (χ4n) is 1.32. The molecule has 0 fully saturated rings. The van der Waals surface area contributed by atoms with Crippen molar-refractivity contribution in [2.24, 2.45) is 5.73 Å². The van der Waals surface area contributed by atoms with Crippen LogP contribution in [0.15, 0.2) is 24.3 Å². The van der Waals surface area contributed by atoms with Crippen LogP contribution >= 0.6 is 0 Å². The molecule has 1 aromatic heterocycles. The number of H-pyrrole nitrogens is 1. The van der Waals surface area contributed by atoms with Gasteiger partial charge in [-0.2, -0.15) is 5.21 Å². The lowest BCUT2D eigenvalue weighted by Crippen LogP contribution is -2.29. The fraction of sp³-hybridized carbons (Fsp3) is 0.100. The predicted molar refractivity (Wildman–Crippen MR) is 62.2 cm³/mol. The number of hydroxylamine groups is 1. The van der Waals surface area contributed by atoms with Crippen LogP contribution in [0.1, 0.15) is 10.4 Å². The maximum Gasteiger partial charge on any atom is 0.274 e. The number of nitrogens with zero attached hydrogens (tertiary/aromatic N) is 3. The standard InChI is InChI=1S/C10H10N6O3/c11-8(17)5-19-14-10(18)7-3-1-2-6(4-7)9-12-15-16-13-9/h1-4H,5H2,(H2,11,17)(H,14,18)(H,12,13,15,16). The number of nitrogens with one attached hydrogen (secondary N) is 2. The van der Waals surface area contributed by atoms with Gasteiger partial charge in [0, 0.05) is 11.1 Å². The molecule has 0 atom stereocenters. The van der Waals surface area contributed by atoms with Crippen molar-refractivity contribution < 1.29 is 14.4 Å². The topological polar surface area (TPSA) is 136 Å². The summed E-state index contributed by atoms with van der Waals surface area (Å²) >= 11 is 0. The number of nitrogens with two attached hydrogens (primary N) is 1. The van der Waals surface area contributed by atoms with Crippen molar-refractivity contribution in [3.05, 3.63) is 29.8 Å². The Bertz CT molecular complexity index is 583. The van der Waals surface area contributed by atoms with Crippen LogP contribution in [0.3, 0.4) is 0 Å². The number of tetrazole rings is 1. The minimum absolute atomic E-state index is 0.326. The third kappa shape index (κ3) is 3.33. The van der Waals surface area contributed by atoms with E-state index in [4.69, 9.17) is 5.73 Å². The molecule has 4 N–H and O–H groups in total. The first-order valence-corrected chi connectivity index (χ1v) is 5.21. The van der Waals surface area contributed by atoms with Gasteiger partial charge >= 0.3 is 0 Å². The van der Waals surface area contributed by atoms with Crippen molar-refractivity contribution in [3.63, 3.8) is 0 Å². The van der Waals surface area contributed by atoms with Crippen LogP contribution in [-0.4, -0.2) is 39.0 Å². The summed E-state index contributed by atoms with van der Waals surface area (Å²) in [7, 11) is 0. The summed E-state index contributed by atoms with van der Waals surface area (Å²) in [6.07, 6.45) is 0. The number of carbonyl (C=O) groups is 2. The van der Waals surface area contributed by atoms with E-state index in [1.165, 1.54) is 0 Å². The zero-order valence-electron chi connectivity index (χ0n) is 9.66. The predicted octanol–water partition coefficient (Wildman–Crippen LogP) is -0.987. The van der Waals surface area contributed by atoms with Crippen LogP contribution in [0.5, 0.6) is 0 Å². The molecule has 0 spiro atoms. The maximum atomic E-state index is 11.7. The van der Waals surface area contributed by atoms with E-state index < -0.39 is 18.4 Å². The van der Waals surface area contributed by atoms with Gasteiger partial charge in [-0.25, -0.2) is 5.48 Å². The Morgan fingerprint density at radius 2 is 2.26 bits per heavy atom. The molecule has 0 unspecified atom stereocenters. The molecule has 0 aliphatic rings. The lowest BCUT2D eigenvalue weighted by molar-refractivity contribution is -0.124. The number of aromatic amines is 1. The Kier molecular flexibility index (Phi) is 3.78. The highest BCUT2D eigenvalue weighted by Crippen LogP contribution is 2.14. The molecule has 1 heterocycles. The van der Waals surface area contributed by atoms with Crippen molar-refractivity contribution in [1.29, 1.82) is 0 Å². The number of hydrogen-bond donors (Lipinski definition) is 3. The van der Waals surface area contributed by atoms with Crippen molar-refractivity contribution >= 4 is 11.8 Å². The Labute approximate surface area is 107 Å². The highest BCUT2D eigenvalue weighted by atomic mass is 16.7. The van der Waals surface area contributed by atoms with Gasteiger partial charge in [-0.15, -0.1) is 10.2 Å². The average Bonchev–Trinajstić information content (AvgIpc) is 2.92. The largest absolute Gasteiger partial charge is 0.368 e. The van der Waals surface area contributed by atoms with Gasteiger partial charge in [0.1, 0.15) is 0 Å². The molecule has 2 rings (SSSR count). The van der Waals surface area contributed by atoms with Gasteiger partial charge in [-0.3, -0.25) is 14.4 Å². The summed E-state index contributed by atoms with van der Waals surface area (Å²) in [5.41, 5.74) is 7.91. The molecule has 0 aliphatic heterocycles. The van der Waals surface area contributed by atoms with Gasteiger partial charge < -0.3 is 5.73 Å². The van der Waals surface area contributed by atoms with E-state index in [1.54, 1.807) is 24.3 Å². The highest BCUT2D eigenvalue weighted by Gasteiger charge is 2.09. The summed E-state index contributed by atoms with van der Waals surface area (Å²) < 4.78 is 0. The molecule has 0 saturated carbocycles. The molecule has 98 valence electrons. The second-order valence-electron chi connectivity index (χ2n) is 3.50. The summed E-state index contributed by atoms with van der Waals surface area (Å²) in [4.78, 5) is 26.8. The van der Waals surface area contributed by atoms with Crippen LogP contribution in [-0.2, 0) is 9.63 Å². The van der Waals surface area contributed by atoms with Crippen molar-refractivity contribution in [2.75, 3.05) is 6.61 Å². The second-order valence-corrected chi connectivity index (χ2v) is 3.50. The molecule has 0 aliphatic carbocycles. The number of primary amides is 1. The van der Waals surface area contributed by atoms with Gasteiger partial charge in [-0.05, 0) is 17.3 Å². The van der Waals surface area contributed by atoms with Crippen LogP contribution in [0.4, 0.5) is 0 Å². The first-order chi connectivity index (χ1) is 9.16. The first kappa shape index (κ1) is 12.6. The van der Waals surface area contributed by atoms with Crippen molar-refractivity contribution in [2.45, 2.75) is 0 Å². The molecule has 9 heteroatoms. The van der Waals surface area contributed by atoms with E-state index in [-0.39, 0.29) is 0 Å². The molecule has 0 radical (unpaired) electrons. The van der Waals surface area contributed by atoms with Crippen molar-refractivity contribution in [1.82, 2.24) is 26.1 Å². The summed E-state index contributed by atoms with van der Waals surface area (Å²) in [6, 6.07) is 6.53. The monoisotopic (exact) mass is 262 g/mol. The van der Waals surface area contributed by atoms with Crippen LogP contribution < -0.4 is 11.2 Å². The maximum absolute atomic E-state index is 11.7. The van der Waals surface area contributed by atoms with Gasteiger partial charge in [-0.1, -0.05) is 12.1 Å². The first-order valence-electron chi connectivity index (χ1n) is 5.21. The Balaban J connectivity index is 2.06. The Hall–Kier alpha value is -2.81. The van der Waals surface area contributed by atoms with E-state index in [2.05, 4.69) is 30.9 Å². The fourth-order valence-corrected chi connectivity index (χ4v) is 1.32. The normalized spacial score (nSPS) is 10.1. The Morgan fingerprint density at radius 1 is 1.42 bits per heavy atom. The van der Waals surface area contributed by atoms with Crippen LogP contribution in [0.2, 0.25) is 0 Å². The van der Waals surface area contributed by atoms with Gasteiger partial charge in [0.05, 0.1) is 0 Å². The lowest BCUT2D eigenvalue weighted by Gasteiger charge is -2.04. The van der Waals surface area contributed by atoms with Gasteiger partial charge in [0.15, 0.2) is 6.61 Å². The lowest BCUT2D eigenvalue weighted by atomic mass is 10.1. The Morgan fingerprint density at radius 3 is 2.95 bits per heavy atom. The smallest absolute Gasteiger partial charge is 0.274 e. The van der Waals surface area contributed by atoms with Crippen molar-refractivity contribution in [3.8, 4) is 11.4 Å². The molecule has 2 amide bonds. The van der Waals surface area contributed by atoms with E-state index in [1.807, 2.05) is 0 Å². The SMILES string of the molecule is NC(=O)CONC(=O)c1cccc(-c2nn[nH]n2)c1. The number of amides is 2. The van der Waals surface area contributed by atoms with Crippen LogP contribution in [0.25, 0.3) is 11.4 Å². The van der Waals surface area contributed by atoms with E-state index in [0.29, 0.717) is 17.0 Å². The zero-order chi connectivity index (χ0) is 13.7. The number of rotatable bonds is 5. The highest BCUT2D eigenvalue weighted by molar-refractivity contribution is 5.94. The molecule has 2 aromatic rings. The van der Waals surface area contributed by atoms with Crippen LogP contribution in [0, 0.1) is 0 Å². The molecule has 0 bridgehead atoms. The van der Waals surface area contributed by atoms with E-state index in [0.717, 1.165) is 0 Å². The number of benzene rings is 1. The third-order valence-electron chi connectivity index (χ3n) is 2.11. The summed E-state index contributed by atoms with van der Waals surface area (Å²) in [6.45, 7) is -0.393. The van der Waals surface area contributed by atoms with Gasteiger partial charge in [0.2, 0.25) is 11.7 Å². The molecule has 0 saturated heterocycles. The molecule has 9 nitrogen and oxygen atoms in total. The summed E-state index contributed by atoms with van der Waals surface area (Å²) in [5.74, 6) is -0.819. The third-order valence-corrected chi connectivity index (χ3v) is 2.11. The minimum atomic E-state index is -0.680. The molecule has 19 heavy (non-hydrogen) atoms. The second kappa shape index (κ2) is 5.69. The van der Waals surface area contributed by atoms with E-state index in [9.17, 15) is 9.59 Å².